The largest absolute Gasteiger partial charge is 0.369 e. The van der Waals surface area contributed by atoms with Crippen molar-refractivity contribution >= 4 is 17.4 Å². The maximum Gasteiger partial charge on any atom is 0.126 e. The maximum absolute atomic E-state index is 13.8. The van der Waals surface area contributed by atoms with Gasteiger partial charge in [0.05, 0.1) is 0 Å². The summed E-state index contributed by atoms with van der Waals surface area (Å²) in [6, 6.07) is 3.43. The predicted octanol–water partition coefficient (Wildman–Crippen LogP) is 3.49. The minimum Gasteiger partial charge on any atom is -0.369 e. The summed E-state index contributed by atoms with van der Waals surface area (Å²) in [5, 5.41) is 0.667. The molecule has 1 unspecified atom stereocenters. The van der Waals surface area contributed by atoms with Crippen molar-refractivity contribution in [2.24, 2.45) is 5.73 Å². The average molecular weight is 282 g/mol. The molecule has 0 radical (unpaired) electrons. The number of hydrogen-bond donors (Lipinski definition) is 1. The highest BCUT2D eigenvalue weighted by Gasteiger charge is 2.22. The molecule has 0 bridgehead atoms. The first-order valence-corrected chi connectivity index (χ1v) is 8.00. The number of nitrogens with two attached hydrogens (primary N) is 1. The van der Waals surface area contributed by atoms with Gasteiger partial charge in [0.1, 0.15) is 5.82 Å². The first-order valence-electron chi connectivity index (χ1n) is 6.95. The Bertz CT molecular complexity index is 448. The van der Waals surface area contributed by atoms with Gasteiger partial charge in [0.25, 0.3) is 0 Å². The third-order valence-corrected chi connectivity index (χ3v) is 5.11. The number of rotatable bonds is 3. The van der Waals surface area contributed by atoms with E-state index in [1.807, 2.05) is 31.7 Å². The van der Waals surface area contributed by atoms with E-state index in [0.717, 1.165) is 30.1 Å². The van der Waals surface area contributed by atoms with Gasteiger partial charge in [-0.2, -0.15) is 11.8 Å². The molecule has 2 nitrogen and oxygen atoms in total. The smallest absolute Gasteiger partial charge is 0.126 e. The van der Waals surface area contributed by atoms with Crippen LogP contribution in [0.4, 0.5) is 10.1 Å². The first-order chi connectivity index (χ1) is 9.02. The fourth-order valence-electron chi connectivity index (χ4n) is 2.51. The van der Waals surface area contributed by atoms with Crippen LogP contribution in [0.5, 0.6) is 0 Å². The fourth-order valence-corrected chi connectivity index (χ4v) is 3.69. The SMILES string of the molecule is CCC1CN(c2cc(C)c(F)cc2[C@@H](C)N)CCS1. The van der Waals surface area contributed by atoms with Crippen molar-refractivity contribution in [1.29, 1.82) is 0 Å². The predicted molar refractivity (Wildman–Crippen MR) is 82.5 cm³/mol. The minimum absolute atomic E-state index is 0.139. The summed E-state index contributed by atoms with van der Waals surface area (Å²) in [6.45, 7) is 8.02. The van der Waals surface area contributed by atoms with Gasteiger partial charge in [0.2, 0.25) is 0 Å². The Hall–Kier alpha value is -0.740. The van der Waals surface area contributed by atoms with E-state index in [-0.39, 0.29) is 11.9 Å². The summed E-state index contributed by atoms with van der Waals surface area (Å²) >= 11 is 2.04. The Morgan fingerprint density at radius 1 is 1.53 bits per heavy atom. The van der Waals surface area contributed by atoms with E-state index in [2.05, 4.69) is 11.8 Å². The van der Waals surface area contributed by atoms with E-state index in [1.165, 1.54) is 6.42 Å². The van der Waals surface area contributed by atoms with Crippen LogP contribution in [0.2, 0.25) is 0 Å². The molecule has 1 heterocycles. The molecule has 0 aliphatic carbocycles. The molecule has 2 atom stereocenters. The molecule has 1 aliphatic heterocycles. The molecule has 106 valence electrons. The first kappa shape index (κ1) is 14.7. The minimum atomic E-state index is -0.158. The lowest BCUT2D eigenvalue weighted by Gasteiger charge is -2.35. The van der Waals surface area contributed by atoms with Crippen molar-refractivity contribution < 1.29 is 4.39 Å². The topological polar surface area (TPSA) is 29.3 Å². The van der Waals surface area contributed by atoms with Crippen LogP contribution in [0.15, 0.2) is 12.1 Å². The number of thioether (sulfide) groups is 1. The van der Waals surface area contributed by atoms with Gasteiger partial charge < -0.3 is 10.6 Å². The quantitative estimate of drug-likeness (QED) is 0.920. The molecule has 1 aromatic carbocycles. The Labute approximate surface area is 119 Å². The van der Waals surface area contributed by atoms with Crippen molar-refractivity contribution in [2.45, 2.75) is 38.5 Å². The lowest BCUT2D eigenvalue weighted by molar-refractivity contribution is 0.611. The van der Waals surface area contributed by atoms with Crippen molar-refractivity contribution in [2.75, 3.05) is 23.7 Å². The Morgan fingerprint density at radius 3 is 2.89 bits per heavy atom. The number of anilines is 1. The van der Waals surface area contributed by atoms with Gasteiger partial charge in [-0.05, 0) is 43.5 Å². The maximum atomic E-state index is 13.8. The highest BCUT2D eigenvalue weighted by molar-refractivity contribution is 8.00. The van der Waals surface area contributed by atoms with E-state index in [0.29, 0.717) is 10.8 Å². The number of benzene rings is 1. The molecule has 4 heteroatoms. The number of aryl methyl sites for hydroxylation is 1. The molecule has 1 aromatic rings. The Kier molecular flexibility index (Phi) is 4.74. The lowest BCUT2D eigenvalue weighted by Crippen LogP contribution is -2.38. The standard InChI is InChI=1S/C15H23FN2S/c1-4-12-9-18(5-6-19-12)15-7-10(2)14(16)8-13(15)11(3)17/h7-8,11-12H,4-6,9,17H2,1-3H3/t11-,12?/m1/s1. The normalized spacial score (nSPS) is 21.5. The third-order valence-electron chi connectivity index (χ3n) is 3.73. The molecule has 0 spiro atoms. The highest BCUT2D eigenvalue weighted by Crippen LogP contribution is 2.32. The van der Waals surface area contributed by atoms with Gasteiger partial charge in [0, 0.05) is 35.8 Å². The number of hydrogen-bond acceptors (Lipinski definition) is 3. The van der Waals surface area contributed by atoms with Crippen LogP contribution in [0, 0.1) is 12.7 Å². The van der Waals surface area contributed by atoms with E-state index in [4.69, 9.17) is 5.73 Å². The van der Waals surface area contributed by atoms with Crippen LogP contribution in [-0.4, -0.2) is 24.1 Å². The summed E-state index contributed by atoms with van der Waals surface area (Å²) in [4.78, 5) is 2.37. The third kappa shape index (κ3) is 3.23. The summed E-state index contributed by atoms with van der Waals surface area (Å²) < 4.78 is 13.8. The molecule has 19 heavy (non-hydrogen) atoms. The molecule has 0 saturated carbocycles. The van der Waals surface area contributed by atoms with Crippen LogP contribution < -0.4 is 10.6 Å². The van der Waals surface area contributed by atoms with Crippen molar-refractivity contribution in [1.82, 2.24) is 0 Å². The van der Waals surface area contributed by atoms with Crippen LogP contribution >= 0.6 is 11.8 Å². The molecule has 0 aromatic heterocycles. The molecule has 1 fully saturated rings. The second-order valence-electron chi connectivity index (χ2n) is 5.30. The van der Waals surface area contributed by atoms with E-state index >= 15 is 0 Å². The van der Waals surface area contributed by atoms with Crippen LogP contribution in [0.3, 0.4) is 0 Å². The average Bonchev–Trinajstić information content (AvgIpc) is 2.41. The second kappa shape index (κ2) is 6.14. The summed E-state index contributed by atoms with van der Waals surface area (Å²) in [7, 11) is 0. The van der Waals surface area contributed by atoms with Gasteiger partial charge in [-0.1, -0.05) is 6.92 Å². The van der Waals surface area contributed by atoms with Crippen molar-refractivity contribution in [3.63, 3.8) is 0 Å². The van der Waals surface area contributed by atoms with Crippen LogP contribution in [0.25, 0.3) is 0 Å². The molecular weight excluding hydrogens is 259 g/mol. The lowest BCUT2D eigenvalue weighted by atomic mass is 10.0. The van der Waals surface area contributed by atoms with Crippen molar-refractivity contribution in [3.05, 3.63) is 29.1 Å². The monoisotopic (exact) mass is 282 g/mol. The van der Waals surface area contributed by atoms with Crippen LogP contribution in [-0.2, 0) is 0 Å². The van der Waals surface area contributed by atoms with Gasteiger partial charge in [-0.25, -0.2) is 4.39 Å². The summed E-state index contributed by atoms with van der Waals surface area (Å²) in [6.07, 6.45) is 1.18. The summed E-state index contributed by atoms with van der Waals surface area (Å²) in [5.74, 6) is 0.974. The van der Waals surface area contributed by atoms with Gasteiger partial charge in [0.15, 0.2) is 0 Å². The van der Waals surface area contributed by atoms with E-state index < -0.39 is 0 Å². The molecular formula is C15H23FN2S. The Morgan fingerprint density at radius 2 is 2.26 bits per heavy atom. The molecule has 2 rings (SSSR count). The second-order valence-corrected chi connectivity index (χ2v) is 6.70. The molecule has 1 aliphatic rings. The fraction of sp³-hybridized carbons (Fsp3) is 0.600. The number of halogens is 1. The zero-order valence-electron chi connectivity index (χ0n) is 11.9. The van der Waals surface area contributed by atoms with Crippen molar-refractivity contribution in [3.8, 4) is 0 Å². The highest BCUT2D eigenvalue weighted by atomic mass is 32.2. The van der Waals surface area contributed by atoms with Gasteiger partial charge in [-0.15, -0.1) is 0 Å². The van der Waals surface area contributed by atoms with Gasteiger partial charge >= 0.3 is 0 Å². The van der Waals surface area contributed by atoms with Gasteiger partial charge in [-0.3, -0.25) is 0 Å². The summed E-state index contributed by atoms with van der Waals surface area (Å²) in [5.41, 5.74) is 8.75. The molecule has 0 amide bonds. The van der Waals surface area contributed by atoms with E-state index in [1.54, 1.807) is 6.07 Å². The van der Waals surface area contributed by atoms with E-state index in [9.17, 15) is 4.39 Å². The number of nitrogens with zero attached hydrogens (tertiary/aromatic N) is 1. The Balaban J connectivity index is 2.34. The zero-order valence-corrected chi connectivity index (χ0v) is 12.8. The zero-order chi connectivity index (χ0) is 14.0. The van der Waals surface area contributed by atoms with Crippen LogP contribution in [0.1, 0.15) is 37.4 Å². The molecule has 2 N–H and O–H groups in total. The molecule has 1 saturated heterocycles.